The summed E-state index contributed by atoms with van der Waals surface area (Å²) >= 11 is 5.93. The van der Waals surface area contributed by atoms with Crippen molar-refractivity contribution in [2.45, 2.75) is 33.1 Å². The van der Waals surface area contributed by atoms with Crippen molar-refractivity contribution in [3.05, 3.63) is 63.2 Å². The van der Waals surface area contributed by atoms with Crippen molar-refractivity contribution in [3.8, 4) is 5.95 Å². The van der Waals surface area contributed by atoms with Gasteiger partial charge in [-0.05, 0) is 37.6 Å². The quantitative estimate of drug-likeness (QED) is 0.594. The van der Waals surface area contributed by atoms with Crippen LogP contribution in [0.15, 0.2) is 41.2 Å². The molecule has 0 saturated carbocycles. The number of anilines is 2. The minimum absolute atomic E-state index is 0.0998. The number of aromatic amines is 1. The zero-order valence-corrected chi connectivity index (χ0v) is 18.5. The van der Waals surface area contributed by atoms with Gasteiger partial charge in [-0.25, -0.2) is 4.98 Å². The molecule has 2 N–H and O–H groups in total. The Hall–Kier alpha value is -3.46. The summed E-state index contributed by atoms with van der Waals surface area (Å²) in [4.78, 5) is 46.3. The van der Waals surface area contributed by atoms with Crippen molar-refractivity contribution < 1.29 is 9.59 Å². The highest BCUT2D eigenvalue weighted by Gasteiger charge is 2.35. The van der Waals surface area contributed by atoms with E-state index in [-0.39, 0.29) is 36.3 Å². The maximum atomic E-state index is 13.0. The van der Waals surface area contributed by atoms with Gasteiger partial charge < -0.3 is 10.2 Å². The molecule has 32 heavy (non-hydrogen) atoms. The highest BCUT2D eigenvalue weighted by atomic mass is 35.5. The zero-order chi connectivity index (χ0) is 22.8. The molecule has 0 bridgehead atoms. The average molecular weight is 455 g/mol. The lowest BCUT2D eigenvalue weighted by Crippen LogP contribution is -2.28. The van der Waals surface area contributed by atoms with Crippen LogP contribution in [-0.4, -0.2) is 38.1 Å². The fraction of sp³-hybridized carbons (Fsp3) is 0.318. The predicted octanol–water partition coefficient (Wildman–Crippen LogP) is 2.86. The van der Waals surface area contributed by atoms with Gasteiger partial charge >= 0.3 is 0 Å². The molecule has 2 aromatic heterocycles. The third-order valence-electron chi connectivity index (χ3n) is 5.21. The summed E-state index contributed by atoms with van der Waals surface area (Å²) in [7, 11) is 0. The lowest BCUT2D eigenvalue weighted by molar-refractivity contribution is -0.122. The minimum atomic E-state index is -0.528. The maximum Gasteiger partial charge on any atom is 0.252 e. The summed E-state index contributed by atoms with van der Waals surface area (Å²) in [5, 5.41) is 7.79. The van der Waals surface area contributed by atoms with E-state index in [1.807, 2.05) is 6.92 Å². The van der Waals surface area contributed by atoms with Gasteiger partial charge in [0, 0.05) is 41.5 Å². The first-order valence-electron chi connectivity index (χ1n) is 10.4. The number of nitrogens with zero attached hydrogens (tertiary/aromatic N) is 4. The molecular formula is C22H23ClN6O3. The fourth-order valence-corrected chi connectivity index (χ4v) is 3.84. The molecule has 0 radical (unpaired) electrons. The van der Waals surface area contributed by atoms with Gasteiger partial charge in [0.1, 0.15) is 5.82 Å². The molecule has 9 nitrogen and oxygen atoms in total. The van der Waals surface area contributed by atoms with Crippen molar-refractivity contribution in [1.29, 1.82) is 0 Å². The molecule has 3 heterocycles. The van der Waals surface area contributed by atoms with Crippen LogP contribution in [0.2, 0.25) is 5.02 Å². The molecule has 10 heteroatoms. The second-order valence-corrected chi connectivity index (χ2v) is 8.20. The standard InChI is InChI=1S/C22H23ClN6O3/c1-3-4-16-11-19(30)26-22(24-16)29-18(9-13(2)27-29)25-21(32)14-10-20(31)28(12-14)17-7-5-15(23)6-8-17/h5-9,11,14H,3-4,10,12H2,1-2H3,(H,25,32)(H,24,26,30)/t14-/m1/s1. The number of rotatable bonds is 6. The topological polar surface area (TPSA) is 113 Å². The molecule has 0 unspecified atom stereocenters. The van der Waals surface area contributed by atoms with Crippen LogP contribution in [0.1, 0.15) is 31.2 Å². The molecule has 1 atom stereocenters. The van der Waals surface area contributed by atoms with E-state index in [1.54, 1.807) is 42.2 Å². The third-order valence-corrected chi connectivity index (χ3v) is 5.46. The number of carbonyl (C=O) groups is 2. The van der Waals surface area contributed by atoms with Crippen molar-refractivity contribution in [2.24, 2.45) is 5.92 Å². The molecule has 0 aliphatic carbocycles. The molecule has 166 valence electrons. The van der Waals surface area contributed by atoms with Gasteiger partial charge in [-0.2, -0.15) is 9.78 Å². The van der Waals surface area contributed by atoms with E-state index in [9.17, 15) is 14.4 Å². The highest BCUT2D eigenvalue weighted by molar-refractivity contribution is 6.30. The minimum Gasteiger partial charge on any atom is -0.312 e. The zero-order valence-electron chi connectivity index (χ0n) is 17.8. The summed E-state index contributed by atoms with van der Waals surface area (Å²) in [6.07, 6.45) is 1.60. The van der Waals surface area contributed by atoms with E-state index in [1.165, 1.54) is 10.7 Å². The molecule has 1 saturated heterocycles. The Morgan fingerprint density at radius 2 is 2.00 bits per heavy atom. The fourth-order valence-electron chi connectivity index (χ4n) is 3.71. The molecule has 3 aromatic rings. The first-order chi connectivity index (χ1) is 15.3. The number of aryl methyl sites for hydroxylation is 2. The van der Waals surface area contributed by atoms with Gasteiger partial charge in [-0.15, -0.1) is 0 Å². The lowest BCUT2D eigenvalue weighted by Gasteiger charge is -2.17. The third kappa shape index (κ3) is 4.57. The number of carbonyl (C=O) groups excluding carboxylic acids is 2. The Morgan fingerprint density at radius 3 is 2.72 bits per heavy atom. The van der Waals surface area contributed by atoms with Gasteiger partial charge in [0.25, 0.3) is 5.56 Å². The molecule has 1 aromatic carbocycles. The number of hydrogen-bond acceptors (Lipinski definition) is 5. The Labute approximate surface area is 189 Å². The number of halogens is 1. The molecule has 1 aliphatic heterocycles. The Morgan fingerprint density at radius 1 is 1.25 bits per heavy atom. The van der Waals surface area contributed by atoms with E-state index in [4.69, 9.17) is 11.6 Å². The number of nitrogens with one attached hydrogen (secondary N) is 2. The van der Waals surface area contributed by atoms with Crippen LogP contribution in [0.25, 0.3) is 5.95 Å². The van der Waals surface area contributed by atoms with Crippen molar-refractivity contribution in [3.63, 3.8) is 0 Å². The van der Waals surface area contributed by atoms with E-state index in [0.29, 0.717) is 34.3 Å². The van der Waals surface area contributed by atoms with Crippen LogP contribution >= 0.6 is 11.6 Å². The average Bonchev–Trinajstić information content (AvgIpc) is 3.31. The van der Waals surface area contributed by atoms with Crippen LogP contribution in [0, 0.1) is 12.8 Å². The van der Waals surface area contributed by atoms with Crippen LogP contribution in [0.3, 0.4) is 0 Å². The van der Waals surface area contributed by atoms with Crippen LogP contribution in [-0.2, 0) is 16.0 Å². The molecule has 2 amide bonds. The van der Waals surface area contributed by atoms with Crippen molar-refractivity contribution in [2.75, 3.05) is 16.8 Å². The normalized spacial score (nSPS) is 15.9. The van der Waals surface area contributed by atoms with Gasteiger partial charge in [0.05, 0.1) is 11.6 Å². The number of hydrogen-bond donors (Lipinski definition) is 2. The van der Waals surface area contributed by atoms with E-state index >= 15 is 0 Å². The maximum absolute atomic E-state index is 13.0. The predicted molar refractivity (Wildman–Crippen MR) is 121 cm³/mol. The van der Waals surface area contributed by atoms with Crippen LogP contribution < -0.4 is 15.8 Å². The first-order valence-corrected chi connectivity index (χ1v) is 10.8. The van der Waals surface area contributed by atoms with Gasteiger partial charge in [-0.3, -0.25) is 19.4 Å². The lowest BCUT2D eigenvalue weighted by atomic mass is 10.1. The van der Waals surface area contributed by atoms with E-state index in [2.05, 4.69) is 20.4 Å². The van der Waals surface area contributed by atoms with Crippen molar-refractivity contribution in [1.82, 2.24) is 19.7 Å². The first kappa shape index (κ1) is 21.8. The summed E-state index contributed by atoms with van der Waals surface area (Å²) < 4.78 is 1.40. The smallest absolute Gasteiger partial charge is 0.252 e. The summed E-state index contributed by atoms with van der Waals surface area (Å²) in [6, 6.07) is 10.1. The molecular weight excluding hydrogens is 432 g/mol. The van der Waals surface area contributed by atoms with Crippen LogP contribution in [0.4, 0.5) is 11.5 Å². The van der Waals surface area contributed by atoms with E-state index < -0.39 is 5.92 Å². The highest BCUT2D eigenvalue weighted by Crippen LogP contribution is 2.27. The number of H-pyrrole nitrogens is 1. The SMILES string of the molecule is CCCc1cc(=O)[nH]c(-n2nc(C)cc2NC(=O)[C@@H]2CC(=O)N(c3ccc(Cl)cc3)C2)n1. The molecule has 4 rings (SSSR count). The molecule has 1 aliphatic rings. The van der Waals surface area contributed by atoms with Gasteiger partial charge in [0.15, 0.2) is 0 Å². The second kappa shape index (κ2) is 8.96. The Kier molecular flexibility index (Phi) is 6.09. The molecule has 0 spiro atoms. The molecule has 1 fully saturated rings. The van der Waals surface area contributed by atoms with E-state index in [0.717, 1.165) is 6.42 Å². The largest absolute Gasteiger partial charge is 0.312 e. The van der Waals surface area contributed by atoms with Gasteiger partial charge in [0.2, 0.25) is 17.8 Å². The monoisotopic (exact) mass is 454 g/mol. The van der Waals surface area contributed by atoms with Crippen LogP contribution in [0.5, 0.6) is 0 Å². The summed E-state index contributed by atoms with van der Waals surface area (Å²) in [6.45, 7) is 4.05. The summed E-state index contributed by atoms with van der Waals surface area (Å²) in [5.74, 6) is -0.352. The Balaban J connectivity index is 1.54. The summed E-state index contributed by atoms with van der Waals surface area (Å²) in [5.41, 5.74) is 1.71. The second-order valence-electron chi connectivity index (χ2n) is 7.76. The number of benzene rings is 1. The number of amides is 2. The van der Waals surface area contributed by atoms with Crippen molar-refractivity contribution >= 4 is 34.9 Å². The number of aromatic nitrogens is 4. The van der Waals surface area contributed by atoms with Gasteiger partial charge in [-0.1, -0.05) is 24.9 Å². The Bertz CT molecular complexity index is 1220.